The Morgan fingerprint density at radius 2 is 1.95 bits per heavy atom. The van der Waals surface area contributed by atoms with Crippen LogP contribution in [0.15, 0.2) is 24.3 Å². The molecule has 0 aromatic heterocycles. The summed E-state index contributed by atoms with van der Waals surface area (Å²) in [6, 6.07) is 6.39. The zero-order valence-electron chi connectivity index (χ0n) is 11.2. The third-order valence-corrected chi connectivity index (χ3v) is 3.80. The van der Waals surface area contributed by atoms with Gasteiger partial charge in [0.05, 0.1) is 11.3 Å². The zero-order valence-corrected chi connectivity index (χ0v) is 11.2. The monoisotopic (exact) mass is 278 g/mol. The minimum atomic E-state index is -0.877. The fourth-order valence-corrected chi connectivity index (χ4v) is 2.89. The molecule has 1 aromatic rings. The fourth-order valence-electron chi connectivity index (χ4n) is 2.89. The van der Waals surface area contributed by atoms with Gasteiger partial charge in [-0.15, -0.1) is 0 Å². The molecule has 0 bridgehead atoms. The summed E-state index contributed by atoms with van der Waals surface area (Å²) < 4.78 is 0. The first kappa shape index (κ1) is 14.3. The summed E-state index contributed by atoms with van der Waals surface area (Å²) >= 11 is 0. The molecule has 0 atom stereocenters. The van der Waals surface area contributed by atoms with E-state index in [1.54, 1.807) is 18.2 Å². The topological polar surface area (TPSA) is 92.5 Å². The van der Waals surface area contributed by atoms with Crippen molar-refractivity contribution in [3.63, 3.8) is 0 Å². The number of carboxylic acid groups (broad SMARTS) is 1. The van der Waals surface area contributed by atoms with Gasteiger partial charge in [0.2, 0.25) is 0 Å². The van der Waals surface area contributed by atoms with E-state index in [0.717, 1.165) is 32.1 Å². The SMILES string of the molecule is O=C(O)CC1(Nc2ccccc2[N+](=O)[O-])CCCCC1. The number of hydrogen-bond donors (Lipinski definition) is 2. The van der Waals surface area contributed by atoms with Crippen molar-refractivity contribution in [3.8, 4) is 0 Å². The van der Waals surface area contributed by atoms with Gasteiger partial charge in [0.15, 0.2) is 0 Å². The minimum absolute atomic E-state index is 0.0113. The van der Waals surface area contributed by atoms with E-state index in [0.29, 0.717) is 5.69 Å². The van der Waals surface area contributed by atoms with Crippen LogP contribution < -0.4 is 5.32 Å². The maximum absolute atomic E-state index is 11.1. The average molecular weight is 278 g/mol. The van der Waals surface area contributed by atoms with Crippen LogP contribution in [-0.4, -0.2) is 21.5 Å². The van der Waals surface area contributed by atoms with Crippen molar-refractivity contribution >= 4 is 17.3 Å². The smallest absolute Gasteiger partial charge is 0.305 e. The van der Waals surface area contributed by atoms with Crippen LogP contribution >= 0.6 is 0 Å². The first-order chi connectivity index (χ1) is 9.52. The van der Waals surface area contributed by atoms with E-state index in [9.17, 15) is 14.9 Å². The third kappa shape index (κ3) is 3.26. The molecule has 6 nitrogen and oxygen atoms in total. The summed E-state index contributed by atoms with van der Waals surface area (Å²) in [5, 5.41) is 23.3. The number of anilines is 1. The van der Waals surface area contributed by atoms with Crippen molar-refractivity contribution < 1.29 is 14.8 Å². The van der Waals surface area contributed by atoms with Crippen LogP contribution in [0.25, 0.3) is 0 Å². The Balaban J connectivity index is 2.28. The quantitative estimate of drug-likeness (QED) is 0.637. The minimum Gasteiger partial charge on any atom is -0.481 e. The number of nitrogens with zero attached hydrogens (tertiary/aromatic N) is 1. The molecule has 1 saturated carbocycles. The zero-order chi connectivity index (χ0) is 14.6. The molecule has 0 saturated heterocycles. The van der Waals surface area contributed by atoms with Crippen molar-refractivity contribution in [2.75, 3.05) is 5.32 Å². The molecule has 2 rings (SSSR count). The Morgan fingerprint density at radius 1 is 1.30 bits per heavy atom. The Bertz CT molecular complexity index is 510. The van der Waals surface area contributed by atoms with Gasteiger partial charge in [-0.1, -0.05) is 31.4 Å². The molecule has 0 spiro atoms. The number of para-hydroxylation sites is 2. The molecule has 108 valence electrons. The van der Waals surface area contributed by atoms with Gasteiger partial charge in [-0.2, -0.15) is 0 Å². The van der Waals surface area contributed by atoms with Gasteiger partial charge in [-0.3, -0.25) is 14.9 Å². The van der Waals surface area contributed by atoms with E-state index in [1.807, 2.05) is 0 Å². The van der Waals surface area contributed by atoms with Gasteiger partial charge >= 0.3 is 5.97 Å². The van der Waals surface area contributed by atoms with E-state index < -0.39 is 16.4 Å². The summed E-state index contributed by atoms with van der Waals surface area (Å²) in [5.74, 6) is -0.877. The van der Waals surface area contributed by atoms with Crippen LogP contribution in [0.5, 0.6) is 0 Å². The summed E-state index contributed by atoms with van der Waals surface area (Å²) in [6.07, 6.45) is 4.41. The molecule has 0 aliphatic heterocycles. The number of nitro benzene ring substituents is 1. The van der Waals surface area contributed by atoms with Crippen LogP contribution in [0, 0.1) is 10.1 Å². The van der Waals surface area contributed by atoms with Crippen molar-refractivity contribution in [2.24, 2.45) is 0 Å². The highest BCUT2D eigenvalue weighted by molar-refractivity contribution is 5.71. The van der Waals surface area contributed by atoms with Crippen molar-refractivity contribution in [1.82, 2.24) is 0 Å². The Morgan fingerprint density at radius 3 is 2.55 bits per heavy atom. The Kier molecular flexibility index (Phi) is 4.22. The fraction of sp³-hybridized carbons (Fsp3) is 0.500. The maximum atomic E-state index is 11.1. The molecule has 0 unspecified atom stereocenters. The van der Waals surface area contributed by atoms with Gasteiger partial charge in [-0.05, 0) is 18.9 Å². The van der Waals surface area contributed by atoms with E-state index >= 15 is 0 Å². The molecular formula is C14H18N2O4. The van der Waals surface area contributed by atoms with Gasteiger partial charge < -0.3 is 10.4 Å². The Hall–Kier alpha value is -2.11. The summed E-state index contributed by atoms with van der Waals surface area (Å²) in [6.45, 7) is 0. The molecule has 0 radical (unpaired) electrons. The number of nitro groups is 1. The van der Waals surface area contributed by atoms with E-state index in [2.05, 4.69) is 5.32 Å². The number of nitrogens with one attached hydrogen (secondary N) is 1. The normalized spacial score (nSPS) is 17.4. The van der Waals surface area contributed by atoms with Crippen molar-refractivity contribution in [3.05, 3.63) is 34.4 Å². The molecular weight excluding hydrogens is 260 g/mol. The number of hydrogen-bond acceptors (Lipinski definition) is 4. The average Bonchev–Trinajstić information content (AvgIpc) is 2.39. The summed E-state index contributed by atoms with van der Waals surface area (Å²) in [4.78, 5) is 21.7. The lowest BCUT2D eigenvalue weighted by molar-refractivity contribution is -0.384. The number of aliphatic carboxylic acids is 1. The number of rotatable bonds is 5. The van der Waals surface area contributed by atoms with Gasteiger partial charge in [-0.25, -0.2) is 0 Å². The molecule has 1 aromatic carbocycles. The predicted molar refractivity (Wildman–Crippen MR) is 74.8 cm³/mol. The van der Waals surface area contributed by atoms with Crippen LogP contribution in [0.4, 0.5) is 11.4 Å². The summed E-state index contributed by atoms with van der Waals surface area (Å²) in [5.41, 5.74) is -0.181. The number of carboxylic acids is 1. The van der Waals surface area contributed by atoms with Crippen LogP contribution in [0.3, 0.4) is 0 Å². The van der Waals surface area contributed by atoms with Gasteiger partial charge in [0, 0.05) is 11.6 Å². The molecule has 2 N–H and O–H groups in total. The number of benzene rings is 1. The molecule has 20 heavy (non-hydrogen) atoms. The lowest BCUT2D eigenvalue weighted by Gasteiger charge is -2.37. The van der Waals surface area contributed by atoms with Crippen LogP contribution in [-0.2, 0) is 4.79 Å². The standard InChI is InChI=1S/C14H18N2O4/c17-13(18)10-14(8-4-1-5-9-14)15-11-6-2-3-7-12(11)16(19)20/h2-3,6-7,15H,1,4-5,8-10H2,(H,17,18). The highest BCUT2D eigenvalue weighted by Crippen LogP contribution is 2.36. The first-order valence-corrected chi connectivity index (χ1v) is 6.76. The molecule has 6 heteroatoms. The number of carbonyl (C=O) groups is 1. The lowest BCUT2D eigenvalue weighted by atomic mass is 9.79. The lowest BCUT2D eigenvalue weighted by Crippen LogP contribution is -2.42. The second-order valence-corrected chi connectivity index (χ2v) is 5.31. The highest BCUT2D eigenvalue weighted by Gasteiger charge is 2.35. The largest absolute Gasteiger partial charge is 0.481 e. The highest BCUT2D eigenvalue weighted by atomic mass is 16.6. The molecule has 0 heterocycles. The van der Waals surface area contributed by atoms with Crippen LogP contribution in [0.1, 0.15) is 38.5 Å². The van der Waals surface area contributed by atoms with Gasteiger partial charge in [0.25, 0.3) is 5.69 Å². The molecule has 1 fully saturated rings. The predicted octanol–water partition coefficient (Wildman–Crippen LogP) is 3.18. The summed E-state index contributed by atoms with van der Waals surface area (Å²) in [7, 11) is 0. The van der Waals surface area contributed by atoms with Crippen molar-refractivity contribution in [2.45, 2.75) is 44.1 Å². The van der Waals surface area contributed by atoms with Crippen LogP contribution in [0.2, 0.25) is 0 Å². The van der Waals surface area contributed by atoms with Crippen molar-refractivity contribution in [1.29, 1.82) is 0 Å². The third-order valence-electron chi connectivity index (χ3n) is 3.80. The molecule has 0 amide bonds. The van der Waals surface area contributed by atoms with E-state index in [1.165, 1.54) is 6.07 Å². The molecule has 1 aliphatic carbocycles. The first-order valence-electron chi connectivity index (χ1n) is 6.76. The maximum Gasteiger partial charge on any atom is 0.305 e. The van der Waals surface area contributed by atoms with E-state index in [4.69, 9.17) is 5.11 Å². The van der Waals surface area contributed by atoms with Gasteiger partial charge in [0.1, 0.15) is 5.69 Å². The second-order valence-electron chi connectivity index (χ2n) is 5.31. The molecule has 1 aliphatic rings. The van der Waals surface area contributed by atoms with E-state index in [-0.39, 0.29) is 12.1 Å². The second kappa shape index (κ2) is 5.90. The Labute approximate surface area is 117 Å².